The van der Waals surface area contributed by atoms with Gasteiger partial charge in [-0.15, -0.1) is 11.8 Å². The molecule has 0 spiro atoms. The lowest BCUT2D eigenvalue weighted by molar-refractivity contribution is -0.132. The van der Waals surface area contributed by atoms with Crippen molar-refractivity contribution < 1.29 is 14.4 Å². The lowest BCUT2D eigenvalue weighted by Gasteiger charge is -2.32. The highest BCUT2D eigenvalue weighted by molar-refractivity contribution is 8.01. The second-order valence-electron chi connectivity index (χ2n) is 9.48. The molecule has 3 rings (SSSR count). The number of rotatable bonds is 7. The van der Waals surface area contributed by atoms with Crippen LogP contribution in [0.5, 0.6) is 0 Å². The van der Waals surface area contributed by atoms with Gasteiger partial charge in [0.15, 0.2) is 0 Å². The van der Waals surface area contributed by atoms with Crippen LogP contribution in [0, 0.1) is 11.8 Å². The van der Waals surface area contributed by atoms with Gasteiger partial charge in [-0.25, -0.2) is 0 Å². The fourth-order valence-electron chi connectivity index (χ4n) is 4.17. The molecule has 164 valence electrons. The minimum absolute atomic E-state index is 0.0626. The van der Waals surface area contributed by atoms with Crippen LogP contribution >= 0.6 is 11.8 Å². The molecule has 1 fully saturated rings. The van der Waals surface area contributed by atoms with Crippen molar-refractivity contribution in [2.75, 3.05) is 6.54 Å². The summed E-state index contributed by atoms with van der Waals surface area (Å²) in [7, 11) is 0. The molecule has 2 aliphatic heterocycles. The molecule has 7 heteroatoms. The first-order valence-corrected chi connectivity index (χ1v) is 11.6. The number of benzene rings is 1. The average Bonchev–Trinajstić information content (AvgIpc) is 3.08. The number of hydrogen-bond acceptors (Lipinski definition) is 4. The van der Waals surface area contributed by atoms with E-state index in [1.54, 1.807) is 16.7 Å². The van der Waals surface area contributed by atoms with Crippen molar-refractivity contribution >= 4 is 29.5 Å². The van der Waals surface area contributed by atoms with Gasteiger partial charge >= 0.3 is 0 Å². The van der Waals surface area contributed by atoms with Crippen LogP contribution in [0.4, 0.5) is 0 Å². The average molecular weight is 432 g/mol. The number of amides is 3. The third kappa shape index (κ3) is 4.22. The van der Waals surface area contributed by atoms with Crippen LogP contribution in [0.2, 0.25) is 0 Å². The van der Waals surface area contributed by atoms with E-state index in [0.29, 0.717) is 18.0 Å². The Morgan fingerprint density at radius 3 is 2.47 bits per heavy atom. The summed E-state index contributed by atoms with van der Waals surface area (Å²) in [5, 5.41) is 5.73. The van der Waals surface area contributed by atoms with E-state index in [1.807, 2.05) is 52.0 Å². The molecule has 2 heterocycles. The van der Waals surface area contributed by atoms with Gasteiger partial charge in [0.2, 0.25) is 11.8 Å². The van der Waals surface area contributed by atoms with Crippen molar-refractivity contribution in [2.45, 2.75) is 70.2 Å². The van der Waals surface area contributed by atoms with Crippen LogP contribution in [-0.2, 0) is 9.59 Å². The van der Waals surface area contributed by atoms with E-state index in [2.05, 4.69) is 24.5 Å². The van der Waals surface area contributed by atoms with Gasteiger partial charge in [-0.2, -0.15) is 0 Å². The number of fused-ring (bicyclic) bond motifs is 3. The van der Waals surface area contributed by atoms with Crippen molar-refractivity contribution in [3.8, 4) is 0 Å². The van der Waals surface area contributed by atoms with Crippen LogP contribution in [0.15, 0.2) is 24.3 Å². The van der Waals surface area contributed by atoms with Gasteiger partial charge in [-0.05, 0) is 43.7 Å². The molecule has 3 unspecified atom stereocenters. The summed E-state index contributed by atoms with van der Waals surface area (Å²) < 4.78 is -0.465. The van der Waals surface area contributed by atoms with Crippen LogP contribution in [-0.4, -0.2) is 46.0 Å². The first-order valence-electron chi connectivity index (χ1n) is 10.7. The van der Waals surface area contributed by atoms with Crippen LogP contribution < -0.4 is 10.6 Å². The molecule has 0 aliphatic carbocycles. The zero-order valence-electron chi connectivity index (χ0n) is 18.7. The predicted molar refractivity (Wildman–Crippen MR) is 120 cm³/mol. The molecule has 1 aromatic carbocycles. The van der Waals surface area contributed by atoms with E-state index >= 15 is 0 Å². The van der Waals surface area contributed by atoms with E-state index in [0.717, 1.165) is 12.0 Å². The number of hydrogen-bond donors (Lipinski definition) is 2. The van der Waals surface area contributed by atoms with Crippen molar-refractivity contribution in [1.82, 2.24) is 15.5 Å². The third-order valence-electron chi connectivity index (χ3n) is 5.81. The van der Waals surface area contributed by atoms with Gasteiger partial charge in [-0.1, -0.05) is 45.9 Å². The molecule has 1 saturated heterocycles. The monoisotopic (exact) mass is 431 g/mol. The van der Waals surface area contributed by atoms with E-state index in [4.69, 9.17) is 0 Å². The quantitative estimate of drug-likeness (QED) is 0.694. The predicted octanol–water partition coefficient (Wildman–Crippen LogP) is 3.34. The minimum Gasteiger partial charge on any atom is -0.354 e. The van der Waals surface area contributed by atoms with E-state index in [1.165, 1.54) is 0 Å². The first-order chi connectivity index (χ1) is 14.0. The molecule has 30 heavy (non-hydrogen) atoms. The zero-order valence-corrected chi connectivity index (χ0v) is 19.5. The lowest BCUT2D eigenvalue weighted by Crippen LogP contribution is -2.58. The number of nitrogens with zero attached hydrogens (tertiary/aromatic N) is 1. The highest BCUT2D eigenvalue weighted by atomic mass is 32.2. The number of thioether (sulfide) groups is 1. The highest BCUT2D eigenvalue weighted by Gasteiger charge is 2.57. The third-order valence-corrected chi connectivity index (χ3v) is 7.35. The Labute approximate surface area is 183 Å². The molecule has 2 aliphatic rings. The Bertz CT molecular complexity index is 837. The summed E-state index contributed by atoms with van der Waals surface area (Å²) >= 11 is 1.63. The number of carbonyl (C=O) groups excluding carboxylic acids is 3. The fourth-order valence-corrected chi connectivity index (χ4v) is 5.75. The standard InChI is InChI=1S/C23H33N3O3S/c1-13(2)11-12-24-19(27)17(14(3)4)25-20(28)18-23(5,6)30-22-16-10-8-7-9-15(16)21(29)26(18)22/h7-10,13-14,17-18,22H,11-12H2,1-6H3,(H,24,27)(H,25,28). The normalized spacial score (nSPS) is 22.8. The maximum atomic E-state index is 13.4. The SMILES string of the molecule is CC(C)CCNC(=O)C(NC(=O)C1N2C(=O)c3ccccc3C2SC1(C)C)C(C)C. The molecule has 2 N–H and O–H groups in total. The largest absolute Gasteiger partial charge is 0.354 e. The van der Waals surface area contributed by atoms with E-state index < -0.39 is 16.8 Å². The van der Waals surface area contributed by atoms with Gasteiger partial charge in [0.1, 0.15) is 17.5 Å². The molecule has 1 aromatic rings. The van der Waals surface area contributed by atoms with Gasteiger partial charge < -0.3 is 15.5 Å². The summed E-state index contributed by atoms with van der Waals surface area (Å²) in [6, 6.07) is 6.27. The van der Waals surface area contributed by atoms with Crippen molar-refractivity contribution in [3.63, 3.8) is 0 Å². The van der Waals surface area contributed by atoms with Crippen molar-refractivity contribution in [1.29, 1.82) is 0 Å². The second-order valence-corrected chi connectivity index (χ2v) is 11.2. The van der Waals surface area contributed by atoms with Crippen molar-refractivity contribution in [3.05, 3.63) is 35.4 Å². The summed E-state index contributed by atoms with van der Waals surface area (Å²) in [6.45, 7) is 12.6. The summed E-state index contributed by atoms with van der Waals surface area (Å²) in [5.41, 5.74) is 1.62. The van der Waals surface area contributed by atoms with E-state index in [-0.39, 0.29) is 29.0 Å². The Morgan fingerprint density at radius 1 is 1.17 bits per heavy atom. The van der Waals surface area contributed by atoms with Crippen LogP contribution in [0.25, 0.3) is 0 Å². The highest BCUT2D eigenvalue weighted by Crippen LogP contribution is 2.56. The molecule has 0 radical (unpaired) electrons. The molecule has 3 amide bonds. The second kappa shape index (κ2) is 8.61. The van der Waals surface area contributed by atoms with Crippen molar-refractivity contribution in [2.24, 2.45) is 11.8 Å². The topological polar surface area (TPSA) is 78.5 Å². The summed E-state index contributed by atoms with van der Waals surface area (Å²) in [6.07, 6.45) is 0.888. The Morgan fingerprint density at radius 2 is 1.83 bits per heavy atom. The zero-order chi connectivity index (χ0) is 22.2. The Kier molecular flexibility index (Phi) is 6.51. The minimum atomic E-state index is -0.642. The Hall–Kier alpha value is -2.02. The van der Waals surface area contributed by atoms with Gasteiger partial charge in [0.05, 0.1) is 0 Å². The van der Waals surface area contributed by atoms with Gasteiger partial charge in [0, 0.05) is 16.9 Å². The number of carbonyl (C=O) groups is 3. The molecule has 6 nitrogen and oxygen atoms in total. The molecular weight excluding hydrogens is 398 g/mol. The molecule has 0 bridgehead atoms. The van der Waals surface area contributed by atoms with Gasteiger partial charge in [0.25, 0.3) is 5.91 Å². The molecule has 0 aromatic heterocycles. The fraction of sp³-hybridized carbons (Fsp3) is 0.609. The lowest BCUT2D eigenvalue weighted by atomic mass is 9.98. The van der Waals surface area contributed by atoms with Crippen LogP contribution in [0.3, 0.4) is 0 Å². The van der Waals surface area contributed by atoms with E-state index in [9.17, 15) is 14.4 Å². The molecule has 3 atom stereocenters. The maximum absolute atomic E-state index is 13.4. The smallest absolute Gasteiger partial charge is 0.256 e. The molecule has 0 saturated carbocycles. The van der Waals surface area contributed by atoms with Crippen LogP contribution in [0.1, 0.15) is 69.3 Å². The summed E-state index contributed by atoms with van der Waals surface area (Å²) in [4.78, 5) is 40.9. The summed E-state index contributed by atoms with van der Waals surface area (Å²) in [5.74, 6) is -0.124. The maximum Gasteiger partial charge on any atom is 0.256 e. The first kappa shape index (κ1) is 22.7. The Balaban J connectivity index is 1.78. The molecular formula is C23H33N3O3S. The van der Waals surface area contributed by atoms with Gasteiger partial charge in [-0.3, -0.25) is 14.4 Å². The number of nitrogens with one attached hydrogen (secondary N) is 2.